The highest BCUT2D eigenvalue weighted by Crippen LogP contribution is 2.10. The van der Waals surface area contributed by atoms with E-state index in [-0.39, 0.29) is 18.0 Å². The molecule has 0 aromatic carbocycles. The molecule has 0 aliphatic carbocycles. The Hall–Kier alpha value is -0.610. The molecule has 3 N–H and O–H groups in total. The molecule has 1 amide bonds. The van der Waals surface area contributed by atoms with E-state index >= 15 is 0 Å². The Labute approximate surface area is 79.5 Å². The lowest BCUT2D eigenvalue weighted by molar-refractivity contribution is -0.125. The second-order valence-corrected chi connectivity index (χ2v) is 3.61. The van der Waals surface area contributed by atoms with E-state index in [0.29, 0.717) is 6.54 Å². The van der Waals surface area contributed by atoms with Crippen LogP contribution in [0.1, 0.15) is 20.3 Å². The van der Waals surface area contributed by atoms with Crippen LogP contribution in [-0.2, 0) is 4.79 Å². The molecule has 1 fully saturated rings. The van der Waals surface area contributed by atoms with E-state index in [4.69, 9.17) is 5.73 Å². The number of nitrogens with one attached hydrogen (secondary N) is 1. The number of likely N-dealkylation sites (tertiary alicyclic amines) is 1. The summed E-state index contributed by atoms with van der Waals surface area (Å²) in [4.78, 5) is 13.6. The van der Waals surface area contributed by atoms with Gasteiger partial charge in [0, 0.05) is 25.7 Å². The SMILES string of the molecule is CCNC(=O)C(C)N1CCC(N)C1. The molecule has 0 saturated carbocycles. The second kappa shape index (κ2) is 4.58. The fourth-order valence-electron chi connectivity index (χ4n) is 1.65. The number of hydrogen-bond donors (Lipinski definition) is 2. The van der Waals surface area contributed by atoms with E-state index in [1.807, 2.05) is 13.8 Å². The van der Waals surface area contributed by atoms with Gasteiger partial charge in [0.25, 0.3) is 0 Å². The Kier molecular flexibility index (Phi) is 3.69. The van der Waals surface area contributed by atoms with Gasteiger partial charge in [0.15, 0.2) is 0 Å². The van der Waals surface area contributed by atoms with Gasteiger partial charge in [-0.25, -0.2) is 0 Å². The average Bonchev–Trinajstić information content (AvgIpc) is 2.51. The minimum atomic E-state index is -0.0338. The van der Waals surface area contributed by atoms with E-state index in [0.717, 1.165) is 19.5 Å². The van der Waals surface area contributed by atoms with Crippen LogP contribution in [0, 0.1) is 0 Å². The molecule has 2 unspecified atom stereocenters. The Morgan fingerprint density at radius 2 is 2.46 bits per heavy atom. The molecule has 0 bridgehead atoms. The summed E-state index contributed by atoms with van der Waals surface area (Å²) in [5.41, 5.74) is 5.76. The summed E-state index contributed by atoms with van der Waals surface area (Å²) >= 11 is 0. The standard InChI is InChI=1S/C9H19N3O/c1-3-11-9(13)7(2)12-5-4-8(10)6-12/h7-8H,3-6,10H2,1-2H3,(H,11,13). The molecule has 4 heteroatoms. The molecule has 0 aromatic heterocycles. The first-order chi connectivity index (χ1) is 6.15. The molecule has 1 rings (SSSR count). The summed E-state index contributed by atoms with van der Waals surface area (Å²) in [7, 11) is 0. The monoisotopic (exact) mass is 185 g/mol. The number of likely N-dealkylation sites (N-methyl/N-ethyl adjacent to an activating group) is 1. The number of carbonyl (C=O) groups is 1. The fraction of sp³-hybridized carbons (Fsp3) is 0.889. The molecule has 1 heterocycles. The molecule has 1 aliphatic rings. The van der Waals surface area contributed by atoms with Crippen LogP contribution in [0.4, 0.5) is 0 Å². The number of nitrogens with two attached hydrogens (primary N) is 1. The minimum absolute atomic E-state index is 0.0338. The molecule has 0 radical (unpaired) electrons. The van der Waals surface area contributed by atoms with E-state index < -0.39 is 0 Å². The first-order valence-corrected chi connectivity index (χ1v) is 4.92. The lowest BCUT2D eigenvalue weighted by Crippen LogP contribution is -2.44. The summed E-state index contributed by atoms with van der Waals surface area (Å²) in [6, 6.07) is 0.213. The van der Waals surface area contributed by atoms with Crippen molar-refractivity contribution in [3.05, 3.63) is 0 Å². The first kappa shape index (κ1) is 10.5. The Bertz CT molecular complexity index is 184. The quantitative estimate of drug-likeness (QED) is 0.626. The van der Waals surface area contributed by atoms with Crippen molar-refractivity contribution in [2.45, 2.75) is 32.4 Å². The van der Waals surface area contributed by atoms with Crippen molar-refractivity contribution in [3.63, 3.8) is 0 Å². The highest BCUT2D eigenvalue weighted by Gasteiger charge is 2.27. The first-order valence-electron chi connectivity index (χ1n) is 4.92. The number of amides is 1. The summed E-state index contributed by atoms with van der Waals surface area (Å²) < 4.78 is 0. The maximum absolute atomic E-state index is 11.4. The fourth-order valence-corrected chi connectivity index (χ4v) is 1.65. The minimum Gasteiger partial charge on any atom is -0.355 e. The topological polar surface area (TPSA) is 58.4 Å². The van der Waals surface area contributed by atoms with Gasteiger partial charge in [-0.1, -0.05) is 0 Å². The van der Waals surface area contributed by atoms with Crippen LogP contribution in [0.15, 0.2) is 0 Å². The van der Waals surface area contributed by atoms with Crippen LogP contribution in [0.3, 0.4) is 0 Å². The zero-order valence-corrected chi connectivity index (χ0v) is 8.42. The third kappa shape index (κ3) is 2.67. The number of carbonyl (C=O) groups excluding carboxylic acids is 1. The number of rotatable bonds is 3. The molecule has 1 saturated heterocycles. The van der Waals surface area contributed by atoms with Gasteiger partial charge in [-0.05, 0) is 20.3 Å². The zero-order valence-electron chi connectivity index (χ0n) is 8.42. The molecule has 4 nitrogen and oxygen atoms in total. The summed E-state index contributed by atoms with van der Waals surface area (Å²) in [6.45, 7) is 6.35. The zero-order chi connectivity index (χ0) is 9.84. The normalized spacial score (nSPS) is 25.9. The number of hydrogen-bond acceptors (Lipinski definition) is 3. The van der Waals surface area contributed by atoms with E-state index in [1.54, 1.807) is 0 Å². The van der Waals surface area contributed by atoms with Crippen LogP contribution in [0.5, 0.6) is 0 Å². The molecule has 2 atom stereocenters. The molecule has 0 aromatic rings. The third-order valence-electron chi connectivity index (χ3n) is 2.53. The lowest BCUT2D eigenvalue weighted by atomic mass is 10.3. The average molecular weight is 185 g/mol. The lowest BCUT2D eigenvalue weighted by Gasteiger charge is -2.22. The van der Waals surface area contributed by atoms with Crippen molar-refractivity contribution < 1.29 is 4.79 Å². The molecular formula is C9H19N3O. The van der Waals surface area contributed by atoms with Gasteiger partial charge in [0.05, 0.1) is 6.04 Å². The predicted molar refractivity (Wildman–Crippen MR) is 52.3 cm³/mol. The molecule has 1 aliphatic heterocycles. The van der Waals surface area contributed by atoms with Gasteiger partial charge in [-0.3, -0.25) is 9.69 Å². The van der Waals surface area contributed by atoms with Crippen LogP contribution in [0.2, 0.25) is 0 Å². The maximum Gasteiger partial charge on any atom is 0.237 e. The summed E-state index contributed by atoms with van der Waals surface area (Å²) in [5.74, 6) is 0.108. The summed E-state index contributed by atoms with van der Waals surface area (Å²) in [6.07, 6.45) is 1.00. The van der Waals surface area contributed by atoms with Crippen molar-refractivity contribution >= 4 is 5.91 Å². The van der Waals surface area contributed by atoms with Gasteiger partial charge in [0.1, 0.15) is 0 Å². The molecule has 76 valence electrons. The van der Waals surface area contributed by atoms with E-state index in [9.17, 15) is 4.79 Å². The van der Waals surface area contributed by atoms with Gasteiger partial charge in [0.2, 0.25) is 5.91 Å². The van der Waals surface area contributed by atoms with Crippen molar-refractivity contribution in [1.82, 2.24) is 10.2 Å². The van der Waals surface area contributed by atoms with Crippen molar-refractivity contribution in [1.29, 1.82) is 0 Å². The van der Waals surface area contributed by atoms with E-state index in [2.05, 4.69) is 10.2 Å². The molecule has 0 spiro atoms. The van der Waals surface area contributed by atoms with Crippen LogP contribution in [-0.4, -0.2) is 42.5 Å². The molecule has 13 heavy (non-hydrogen) atoms. The van der Waals surface area contributed by atoms with Crippen molar-refractivity contribution in [3.8, 4) is 0 Å². The van der Waals surface area contributed by atoms with Gasteiger partial charge < -0.3 is 11.1 Å². The Balaban J connectivity index is 2.38. The number of nitrogens with zero attached hydrogens (tertiary/aromatic N) is 1. The Morgan fingerprint density at radius 3 is 2.92 bits per heavy atom. The van der Waals surface area contributed by atoms with Crippen molar-refractivity contribution in [2.75, 3.05) is 19.6 Å². The van der Waals surface area contributed by atoms with Gasteiger partial charge in [-0.2, -0.15) is 0 Å². The van der Waals surface area contributed by atoms with Crippen LogP contribution >= 0.6 is 0 Å². The third-order valence-corrected chi connectivity index (χ3v) is 2.53. The highest BCUT2D eigenvalue weighted by atomic mass is 16.2. The largest absolute Gasteiger partial charge is 0.355 e. The van der Waals surface area contributed by atoms with E-state index in [1.165, 1.54) is 0 Å². The molecular weight excluding hydrogens is 166 g/mol. The van der Waals surface area contributed by atoms with Gasteiger partial charge in [-0.15, -0.1) is 0 Å². The summed E-state index contributed by atoms with van der Waals surface area (Å²) in [5, 5.41) is 2.82. The smallest absolute Gasteiger partial charge is 0.237 e. The predicted octanol–water partition coefficient (Wildman–Crippen LogP) is -0.456. The Morgan fingerprint density at radius 1 is 1.77 bits per heavy atom. The van der Waals surface area contributed by atoms with Crippen LogP contribution < -0.4 is 11.1 Å². The highest BCUT2D eigenvalue weighted by molar-refractivity contribution is 5.81. The van der Waals surface area contributed by atoms with Crippen molar-refractivity contribution in [2.24, 2.45) is 5.73 Å². The van der Waals surface area contributed by atoms with Crippen LogP contribution in [0.25, 0.3) is 0 Å². The second-order valence-electron chi connectivity index (χ2n) is 3.61. The van der Waals surface area contributed by atoms with Gasteiger partial charge >= 0.3 is 0 Å². The maximum atomic E-state index is 11.4.